The second kappa shape index (κ2) is 4.22. The number of hydrogen-bond donors (Lipinski definition) is 2. The van der Waals surface area contributed by atoms with Crippen LogP contribution in [0.15, 0.2) is 16.7 Å². The Balaban J connectivity index is 2.46. The molecule has 3 N–H and O–H groups in total. The first-order valence-electron chi connectivity index (χ1n) is 5.15. The molecule has 0 atom stereocenters. The highest BCUT2D eigenvalue weighted by molar-refractivity contribution is 6.31. The zero-order valence-electron chi connectivity index (χ0n) is 9.25. The van der Waals surface area contributed by atoms with E-state index in [1.54, 1.807) is 12.3 Å². The Bertz CT molecular complexity index is 487. The van der Waals surface area contributed by atoms with Crippen molar-refractivity contribution >= 4 is 17.4 Å². The third kappa shape index (κ3) is 1.93. The van der Waals surface area contributed by atoms with E-state index in [4.69, 9.17) is 21.8 Å². The summed E-state index contributed by atoms with van der Waals surface area (Å²) in [6.45, 7) is 4.26. The largest absolute Gasteiger partial charge is 0.452 e. The quantitative estimate of drug-likeness (QED) is 0.865. The lowest BCUT2D eigenvalue weighted by molar-refractivity contribution is 0.570. The zero-order valence-corrected chi connectivity index (χ0v) is 10.0. The number of hydrogen-bond acceptors (Lipinski definition) is 3. The molecular weight excluding hydrogens is 226 g/mol. The van der Waals surface area contributed by atoms with Crippen LogP contribution in [0.2, 0.25) is 5.22 Å². The fourth-order valence-electron chi connectivity index (χ4n) is 1.69. The molecule has 2 aromatic rings. The SMILES string of the molecule is CC(C)Cc1c(N)n[nH]c1-c1ccoc1Cl. The molecule has 0 unspecified atom stereocenters. The van der Waals surface area contributed by atoms with E-state index in [0.29, 0.717) is 17.0 Å². The monoisotopic (exact) mass is 239 g/mol. The smallest absolute Gasteiger partial charge is 0.202 e. The van der Waals surface area contributed by atoms with Crippen molar-refractivity contribution in [1.29, 1.82) is 0 Å². The van der Waals surface area contributed by atoms with Crippen molar-refractivity contribution in [3.8, 4) is 11.3 Å². The first kappa shape index (κ1) is 11.1. The molecule has 5 heteroatoms. The van der Waals surface area contributed by atoms with E-state index in [1.807, 2.05) is 0 Å². The summed E-state index contributed by atoms with van der Waals surface area (Å²) in [4.78, 5) is 0. The van der Waals surface area contributed by atoms with Crippen LogP contribution < -0.4 is 5.73 Å². The number of nitrogen functional groups attached to an aromatic ring is 1. The number of H-pyrrole nitrogens is 1. The molecule has 0 saturated heterocycles. The molecule has 0 aliphatic heterocycles. The number of rotatable bonds is 3. The highest BCUT2D eigenvalue weighted by atomic mass is 35.5. The van der Waals surface area contributed by atoms with Crippen molar-refractivity contribution in [3.63, 3.8) is 0 Å². The highest BCUT2D eigenvalue weighted by Gasteiger charge is 2.17. The average molecular weight is 240 g/mol. The summed E-state index contributed by atoms with van der Waals surface area (Å²) in [7, 11) is 0. The van der Waals surface area contributed by atoms with Gasteiger partial charge in [0.1, 0.15) is 5.82 Å². The lowest BCUT2D eigenvalue weighted by Gasteiger charge is -2.05. The third-order valence-electron chi connectivity index (χ3n) is 2.40. The molecule has 2 rings (SSSR count). The molecule has 0 aliphatic carbocycles. The van der Waals surface area contributed by atoms with Gasteiger partial charge in [0.05, 0.1) is 17.5 Å². The topological polar surface area (TPSA) is 67.8 Å². The van der Waals surface area contributed by atoms with Crippen LogP contribution >= 0.6 is 11.6 Å². The Morgan fingerprint density at radius 1 is 1.56 bits per heavy atom. The van der Waals surface area contributed by atoms with Gasteiger partial charge in [0.15, 0.2) is 0 Å². The molecule has 4 nitrogen and oxygen atoms in total. The van der Waals surface area contributed by atoms with Crippen molar-refractivity contribution in [2.45, 2.75) is 20.3 Å². The molecule has 0 fully saturated rings. The van der Waals surface area contributed by atoms with Crippen LogP contribution in [-0.4, -0.2) is 10.2 Å². The van der Waals surface area contributed by atoms with Gasteiger partial charge in [-0.25, -0.2) is 0 Å². The van der Waals surface area contributed by atoms with Crippen LogP contribution in [0.4, 0.5) is 5.82 Å². The van der Waals surface area contributed by atoms with Crippen molar-refractivity contribution in [1.82, 2.24) is 10.2 Å². The van der Waals surface area contributed by atoms with Gasteiger partial charge in [0.25, 0.3) is 0 Å². The van der Waals surface area contributed by atoms with Gasteiger partial charge in [-0.3, -0.25) is 5.10 Å². The van der Waals surface area contributed by atoms with Crippen molar-refractivity contribution in [2.75, 3.05) is 5.73 Å². The fraction of sp³-hybridized carbons (Fsp3) is 0.364. The molecule has 0 bridgehead atoms. The van der Waals surface area contributed by atoms with Crippen LogP contribution in [0, 0.1) is 5.92 Å². The van der Waals surface area contributed by atoms with Crippen LogP contribution in [0.25, 0.3) is 11.3 Å². The molecule has 2 heterocycles. The molecule has 0 spiro atoms. The number of nitrogens with zero attached hydrogens (tertiary/aromatic N) is 1. The minimum atomic E-state index is 0.355. The Labute approximate surface area is 98.8 Å². The second-order valence-corrected chi connectivity index (χ2v) is 4.51. The van der Waals surface area contributed by atoms with Gasteiger partial charge in [-0.1, -0.05) is 13.8 Å². The van der Waals surface area contributed by atoms with Gasteiger partial charge in [0.2, 0.25) is 5.22 Å². The van der Waals surface area contributed by atoms with E-state index in [9.17, 15) is 0 Å². The molecule has 0 aliphatic rings. The number of aromatic nitrogens is 2. The maximum Gasteiger partial charge on any atom is 0.202 e. The highest BCUT2D eigenvalue weighted by Crippen LogP contribution is 2.33. The Morgan fingerprint density at radius 3 is 2.88 bits per heavy atom. The van der Waals surface area contributed by atoms with E-state index in [2.05, 4.69) is 24.0 Å². The molecule has 0 aromatic carbocycles. The third-order valence-corrected chi connectivity index (χ3v) is 2.69. The summed E-state index contributed by atoms with van der Waals surface area (Å²) >= 11 is 5.94. The zero-order chi connectivity index (χ0) is 11.7. The molecule has 2 aromatic heterocycles. The second-order valence-electron chi connectivity index (χ2n) is 4.17. The number of anilines is 1. The van der Waals surface area contributed by atoms with E-state index >= 15 is 0 Å². The van der Waals surface area contributed by atoms with Gasteiger partial charge in [-0.2, -0.15) is 5.10 Å². The predicted octanol–water partition coefficient (Wildman–Crippen LogP) is 3.10. The van der Waals surface area contributed by atoms with E-state index in [0.717, 1.165) is 23.2 Å². The number of aromatic amines is 1. The molecule has 0 radical (unpaired) electrons. The summed E-state index contributed by atoms with van der Waals surface area (Å²) < 4.78 is 5.06. The number of furan rings is 1. The minimum absolute atomic E-state index is 0.355. The minimum Gasteiger partial charge on any atom is -0.452 e. The van der Waals surface area contributed by atoms with Crippen molar-refractivity contribution in [3.05, 3.63) is 23.1 Å². The Kier molecular flexibility index (Phi) is 2.92. The van der Waals surface area contributed by atoms with Gasteiger partial charge in [0, 0.05) is 5.56 Å². The van der Waals surface area contributed by atoms with Gasteiger partial charge in [-0.15, -0.1) is 0 Å². The molecular formula is C11H14ClN3O. The Hall–Kier alpha value is -1.42. The molecule has 0 amide bonds. The summed E-state index contributed by atoms with van der Waals surface area (Å²) in [5.41, 5.74) is 8.49. The van der Waals surface area contributed by atoms with Gasteiger partial charge >= 0.3 is 0 Å². The molecule has 16 heavy (non-hydrogen) atoms. The lowest BCUT2D eigenvalue weighted by atomic mass is 10.0. The number of nitrogens with two attached hydrogens (primary N) is 1. The van der Waals surface area contributed by atoms with E-state index in [1.165, 1.54) is 0 Å². The maximum atomic E-state index is 5.94. The lowest BCUT2D eigenvalue weighted by Crippen LogP contribution is -1.98. The first-order valence-corrected chi connectivity index (χ1v) is 5.53. The van der Waals surface area contributed by atoms with Crippen LogP contribution in [-0.2, 0) is 6.42 Å². The number of halogens is 1. The standard InChI is InChI=1S/C11H14ClN3O/c1-6(2)5-8-9(14-15-11(8)13)7-3-4-16-10(7)12/h3-4,6H,5H2,1-2H3,(H3,13,14,15). The molecule has 86 valence electrons. The van der Waals surface area contributed by atoms with Crippen molar-refractivity contribution < 1.29 is 4.42 Å². The van der Waals surface area contributed by atoms with Crippen LogP contribution in [0.5, 0.6) is 0 Å². The van der Waals surface area contributed by atoms with E-state index < -0.39 is 0 Å². The van der Waals surface area contributed by atoms with Crippen LogP contribution in [0.1, 0.15) is 19.4 Å². The summed E-state index contributed by atoms with van der Waals surface area (Å²) in [5.74, 6) is 1.03. The van der Waals surface area contributed by atoms with Gasteiger partial charge in [-0.05, 0) is 30.0 Å². The maximum absolute atomic E-state index is 5.94. The predicted molar refractivity (Wildman–Crippen MR) is 64.3 cm³/mol. The summed E-state index contributed by atoms with van der Waals surface area (Å²) in [6.07, 6.45) is 2.41. The van der Waals surface area contributed by atoms with Crippen LogP contribution in [0.3, 0.4) is 0 Å². The fourth-order valence-corrected chi connectivity index (χ4v) is 1.90. The van der Waals surface area contributed by atoms with E-state index in [-0.39, 0.29) is 0 Å². The Morgan fingerprint density at radius 2 is 2.31 bits per heavy atom. The van der Waals surface area contributed by atoms with Crippen molar-refractivity contribution in [2.24, 2.45) is 5.92 Å². The average Bonchev–Trinajstić information content (AvgIpc) is 2.75. The molecule has 0 saturated carbocycles. The summed E-state index contributed by atoms with van der Waals surface area (Å²) in [6, 6.07) is 1.80. The van der Waals surface area contributed by atoms with Gasteiger partial charge < -0.3 is 10.2 Å². The first-order chi connectivity index (χ1) is 7.59. The number of nitrogens with one attached hydrogen (secondary N) is 1. The normalized spacial score (nSPS) is 11.2. The summed E-state index contributed by atoms with van der Waals surface area (Å²) in [5, 5.41) is 7.28.